The van der Waals surface area contributed by atoms with Crippen molar-refractivity contribution in [1.29, 1.82) is 0 Å². The monoisotopic (exact) mass is 166 g/mol. The molecule has 0 saturated heterocycles. The minimum Gasteiger partial charge on any atom is -0.0623 e. The summed E-state index contributed by atoms with van der Waals surface area (Å²) in [6.45, 7) is 9.62. The Morgan fingerprint density at radius 1 is 1.17 bits per heavy atom. The average Bonchev–Trinajstić information content (AvgIpc) is 2.37. The fourth-order valence-electron chi connectivity index (χ4n) is 2.50. The molecule has 0 spiro atoms. The van der Waals surface area contributed by atoms with Crippen LogP contribution in [0.1, 0.15) is 53.4 Å². The van der Waals surface area contributed by atoms with Gasteiger partial charge in [0.25, 0.3) is 0 Å². The first-order valence-corrected chi connectivity index (χ1v) is 5.40. The first-order valence-electron chi connectivity index (χ1n) is 5.40. The van der Waals surface area contributed by atoms with Gasteiger partial charge in [-0.25, -0.2) is 0 Å². The molecule has 0 atom stereocenters. The largest absolute Gasteiger partial charge is 0.110 e. The predicted molar refractivity (Wildman–Crippen MR) is 58.3 cm³/mol. The maximum absolute atomic E-state index is 2.49. The van der Waals surface area contributed by atoms with E-state index in [1.807, 2.05) is 0 Å². The van der Waals surface area contributed by atoms with Gasteiger partial charge < -0.3 is 0 Å². The zero-order valence-electron chi connectivity index (χ0n) is 9.41. The summed E-state index contributed by atoms with van der Waals surface area (Å²) in [7, 11) is 2.49. The molecule has 0 aromatic heterocycles. The van der Waals surface area contributed by atoms with Crippen molar-refractivity contribution in [3.63, 3.8) is 0 Å². The van der Waals surface area contributed by atoms with Gasteiger partial charge in [0, 0.05) is 0 Å². The van der Waals surface area contributed by atoms with Gasteiger partial charge in [0.15, 0.2) is 0 Å². The van der Waals surface area contributed by atoms with Crippen LogP contribution in [0.3, 0.4) is 0 Å². The van der Waals surface area contributed by atoms with Crippen molar-refractivity contribution in [2.75, 3.05) is 0 Å². The molecule has 0 aromatic rings. The fraction of sp³-hybridized carbons (Fsp3) is 1.00. The van der Waals surface area contributed by atoms with E-state index in [1.165, 1.54) is 25.7 Å². The van der Waals surface area contributed by atoms with Crippen LogP contribution < -0.4 is 0 Å². The van der Waals surface area contributed by atoms with E-state index in [1.54, 1.807) is 0 Å². The van der Waals surface area contributed by atoms with E-state index in [0.717, 1.165) is 5.92 Å². The van der Waals surface area contributed by atoms with Gasteiger partial charge in [0.05, 0.1) is 0 Å². The van der Waals surface area contributed by atoms with Crippen LogP contribution in [0.2, 0.25) is 5.31 Å². The molecule has 0 unspecified atom stereocenters. The molecule has 0 aromatic carbocycles. The van der Waals surface area contributed by atoms with Crippen molar-refractivity contribution in [2.24, 2.45) is 11.3 Å². The molecule has 0 radical (unpaired) electrons. The van der Waals surface area contributed by atoms with Crippen molar-refractivity contribution in [1.82, 2.24) is 0 Å². The first-order chi connectivity index (χ1) is 5.40. The minimum absolute atomic E-state index is 0.517. The van der Waals surface area contributed by atoms with Gasteiger partial charge in [-0.15, -0.1) is 0 Å². The molecule has 0 aliphatic heterocycles. The van der Waals surface area contributed by atoms with Crippen LogP contribution in [0, 0.1) is 11.3 Å². The van der Waals surface area contributed by atoms with Crippen molar-refractivity contribution < 1.29 is 0 Å². The summed E-state index contributed by atoms with van der Waals surface area (Å²) in [4.78, 5) is 0. The lowest BCUT2D eigenvalue weighted by atomic mass is 9.49. The number of rotatable bonds is 2. The molecule has 1 aliphatic carbocycles. The normalized spacial score (nSPS) is 23.4. The lowest BCUT2D eigenvalue weighted by molar-refractivity contribution is 0.157. The fourth-order valence-corrected chi connectivity index (χ4v) is 2.50. The van der Waals surface area contributed by atoms with Crippen LogP contribution in [0.15, 0.2) is 0 Å². The first kappa shape index (κ1) is 10.1. The second kappa shape index (κ2) is 3.08. The van der Waals surface area contributed by atoms with E-state index in [4.69, 9.17) is 0 Å². The van der Waals surface area contributed by atoms with Gasteiger partial charge in [-0.05, 0) is 11.3 Å². The standard InChI is InChI=1S/C11H23B/c1-9(2)10(3,4)11(12)7-5-6-8-11/h9H,5-8,12H2,1-4H3. The Bertz CT molecular complexity index is 150. The molecule has 1 aliphatic rings. The zero-order valence-corrected chi connectivity index (χ0v) is 9.41. The average molecular weight is 166 g/mol. The number of hydrogen-bond acceptors (Lipinski definition) is 0. The van der Waals surface area contributed by atoms with E-state index in [2.05, 4.69) is 35.5 Å². The Kier molecular flexibility index (Phi) is 2.61. The maximum atomic E-state index is 2.49. The van der Waals surface area contributed by atoms with Crippen LogP contribution in [0.5, 0.6) is 0 Å². The molecular formula is C11H23B. The van der Waals surface area contributed by atoms with Gasteiger partial charge in [0.1, 0.15) is 7.85 Å². The van der Waals surface area contributed by atoms with Crippen LogP contribution in [-0.4, -0.2) is 7.85 Å². The summed E-state index contributed by atoms with van der Waals surface area (Å²) >= 11 is 0. The lowest BCUT2D eigenvalue weighted by Gasteiger charge is -2.45. The Morgan fingerprint density at radius 2 is 1.58 bits per heavy atom. The Balaban J connectivity index is 2.78. The highest BCUT2D eigenvalue weighted by Gasteiger charge is 2.43. The highest BCUT2D eigenvalue weighted by atomic mass is 14.5. The van der Waals surface area contributed by atoms with Crippen LogP contribution in [-0.2, 0) is 0 Å². The van der Waals surface area contributed by atoms with Crippen molar-refractivity contribution in [3.05, 3.63) is 0 Å². The summed E-state index contributed by atoms with van der Waals surface area (Å²) in [6, 6.07) is 0. The third kappa shape index (κ3) is 1.43. The third-order valence-electron chi connectivity index (χ3n) is 4.71. The van der Waals surface area contributed by atoms with E-state index in [-0.39, 0.29) is 0 Å². The lowest BCUT2D eigenvalue weighted by Crippen LogP contribution is -2.34. The van der Waals surface area contributed by atoms with Crippen LogP contribution >= 0.6 is 0 Å². The molecule has 0 amide bonds. The molecular weight excluding hydrogens is 143 g/mol. The summed E-state index contributed by atoms with van der Waals surface area (Å²) in [5, 5.41) is 0.612. The van der Waals surface area contributed by atoms with Gasteiger partial charge in [-0.3, -0.25) is 0 Å². The number of hydrogen-bond donors (Lipinski definition) is 0. The summed E-state index contributed by atoms with van der Waals surface area (Å²) in [6.07, 6.45) is 5.79. The highest BCUT2D eigenvalue weighted by Crippen LogP contribution is 2.58. The predicted octanol–water partition coefficient (Wildman–Crippen LogP) is 3.03. The van der Waals surface area contributed by atoms with Gasteiger partial charge in [0.2, 0.25) is 0 Å². The van der Waals surface area contributed by atoms with E-state index in [9.17, 15) is 0 Å². The molecule has 70 valence electrons. The molecule has 0 heterocycles. The van der Waals surface area contributed by atoms with Gasteiger partial charge in [-0.2, -0.15) is 0 Å². The van der Waals surface area contributed by atoms with E-state index in [0.29, 0.717) is 10.7 Å². The Morgan fingerprint density at radius 3 is 1.92 bits per heavy atom. The minimum atomic E-state index is 0.517. The quantitative estimate of drug-likeness (QED) is 0.553. The van der Waals surface area contributed by atoms with Crippen molar-refractivity contribution in [2.45, 2.75) is 58.7 Å². The van der Waals surface area contributed by atoms with Crippen LogP contribution in [0.4, 0.5) is 0 Å². The van der Waals surface area contributed by atoms with Crippen molar-refractivity contribution >= 4 is 7.85 Å². The molecule has 1 heteroatoms. The molecule has 0 nitrogen and oxygen atoms in total. The maximum Gasteiger partial charge on any atom is 0.110 e. The second-order valence-electron chi connectivity index (χ2n) is 5.64. The summed E-state index contributed by atoms with van der Waals surface area (Å²) in [5.74, 6) is 0.806. The third-order valence-corrected chi connectivity index (χ3v) is 4.71. The molecule has 0 bridgehead atoms. The molecule has 1 saturated carbocycles. The topological polar surface area (TPSA) is 0 Å². The zero-order chi connectivity index (χ0) is 9.41. The van der Waals surface area contributed by atoms with E-state index < -0.39 is 0 Å². The summed E-state index contributed by atoms with van der Waals surface area (Å²) < 4.78 is 0. The van der Waals surface area contributed by atoms with E-state index >= 15 is 0 Å². The molecule has 1 fully saturated rings. The highest BCUT2D eigenvalue weighted by molar-refractivity contribution is 6.16. The molecule has 0 N–H and O–H groups in total. The van der Waals surface area contributed by atoms with Crippen molar-refractivity contribution in [3.8, 4) is 0 Å². The second-order valence-corrected chi connectivity index (χ2v) is 5.64. The summed E-state index contributed by atoms with van der Waals surface area (Å²) in [5.41, 5.74) is 0.517. The van der Waals surface area contributed by atoms with Crippen LogP contribution in [0.25, 0.3) is 0 Å². The molecule has 12 heavy (non-hydrogen) atoms. The smallest absolute Gasteiger partial charge is 0.0623 e. The molecule has 1 rings (SSSR count). The van der Waals surface area contributed by atoms with Gasteiger partial charge >= 0.3 is 0 Å². The van der Waals surface area contributed by atoms with Gasteiger partial charge in [-0.1, -0.05) is 58.7 Å². The Labute approximate surface area is 78.5 Å². The SMILES string of the molecule is BC1(C(C)(C)C(C)C)CCCC1. The Hall–Kier alpha value is 0.0649.